The zero-order valence-corrected chi connectivity index (χ0v) is 19.0. The van der Waals surface area contributed by atoms with E-state index in [1.54, 1.807) is 26.0 Å². The molecule has 0 saturated carbocycles. The van der Waals surface area contributed by atoms with Gasteiger partial charge in [-0.25, -0.2) is 9.59 Å². The molecule has 3 N–H and O–H groups in total. The van der Waals surface area contributed by atoms with E-state index in [1.807, 2.05) is 19.1 Å². The Bertz CT molecular complexity index is 1060. The Kier molecular flexibility index (Phi) is 9.42. The Hall–Kier alpha value is -3.17. The standard InChI is InChI=1S/C23H27NO7S/c1-4-30-13-17-9-8-16(32-17)11-15(3)21(26)20-18(25)12-19(31-22(20)27)14(2)7-5-6-10-24-23(28)29/h6,8-12,14,24-25H,4-5,7,13H2,1-3H3,(H,28,29)/b10-6+,15-11?. The Labute approximate surface area is 189 Å². The fraction of sp³-hybridized carbons (Fsp3) is 0.348. The number of aromatic hydroxyl groups is 1. The number of carboxylic acid groups (broad SMARTS) is 1. The van der Waals surface area contributed by atoms with Gasteiger partial charge in [0.05, 0.1) is 6.61 Å². The highest BCUT2D eigenvalue weighted by Gasteiger charge is 2.22. The van der Waals surface area contributed by atoms with Gasteiger partial charge in [0.1, 0.15) is 17.1 Å². The van der Waals surface area contributed by atoms with Gasteiger partial charge in [-0.1, -0.05) is 13.0 Å². The second kappa shape index (κ2) is 12.0. The lowest BCUT2D eigenvalue weighted by molar-refractivity contribution is 0.102. The summed E-state index contributed by atoms with van der Waals surface area (Å²) in [6, 6.07) is 5.07. The molecular formula is C23H27NO7S. The Balaban J connectivity index is 2.12. The minimum Gasteiger partial charge on any atom is -0.507 e. The first-order chi connectivity index (χ1) is 15.2. The lowest BCUT2D eigenvalue weighted by Crippen LogP contribution is -2.16. The molecule has 8 nitrogen and oxygen atoms in total. The fourth-order valence-corrected chi connectivity index (χ4v) is 3.83. The molecule has 0 aliphatic heterocycles. The first-order valence-corrected chi connectivity index (χ1v) is 11.0. The molecule has 2 rings (SSSR count). The Morgan fingerprint density at radius 3 is 2.75 bits per heavy atom. The zero-order valence-electron chi connectivity index (χ0n) is 18.2. The lowest BCUT2D eigenvalue weighted by atomic mass is 10.00. The number of nitrogens with one attached hydrogen (secondary N) is 1. The first kappa shape index (κ1) is 25.1. The molecule has 2 aromatic rings. The summed E-state index contributed by atoms with van der Waals surface area (Å²) < 4.78 is 10.7. The van der Waals surface area contributed by atoms with Gasteiger partial charge in [-0.05, 0) is 50.5 Å². The zero-order chi connectivity index (χ0) is 23.7. The van der Waals surface area contributed by atoms with Gasteiger partial charge in [0.15, 0.2) is 5.78 Å². The van der Waals surface area contributed by atoms with E-state index >= 15 is 0 Å². The van der Waals surface area contributed by atoms with E-state index in [1.165, 1.54) is 23.6 Å². The van der Waals surface area contributed by atoms with Gasteiger partial charge < -0.3 is 19.4 Å². The fourth-order valence-electron chi connectivity index (χ4n) is 2.88. The number of ketones is 1. The molecule has 0 radical (unpaired) electrons. The third-order valence-electron chi connectivity index (χ3n) is 4.60. The van der Waals surface area contributed by atoms with Gasteiger partial charge in [-0.3, -0.25) is 10.1 Å². The number of Topliss-reactive ketones (excluding diaryl/α,β-unsaturated/α-hetero) is 1. The molecule has 1 atom stereocenters. The van der Waals surface area contributed by atoms with Crippen molar-refractivity contribution in [2.75, 3.05) is 6.61 Å². The molecule has 0 aliphatic carbocycles. The van der Waals surface area contributed by atoms with Crippen LogP contribution in [-0.4, -0.2) is 28.7 Å². The molecule has 0 bridgehead atoms. The van der Waals surface area contributed by atoms with E-state index in [0.717, 1.165) is 9.75 Å². The summed E-state index contributed by atoms with van der Waals surface area (Å²) in [6.45, 7) is 6.41. The van der Waals surface area contributed by atoms with Gasteiger partial charge in [-0.2, -0.15) is 0 Å². The lowest BCUT2D eigenvalue weighted by Gasteiger charge is -2.11. The minimum atomic E-state index is -1.15. The maximum absolute atomic E-state index is 12.8. The SMILES string of the molecule is CCOCc1ccc(C=C(C)C(=O)c2c(O)cc(C(C)CC/C=C/NC(=O)O)oc2=O)s1. The van der Waals surface area contributed by atoms with Crippen LogP contribution in [-0.2, 0) is 11.3 Å². The third kappa shape index (κ3) is 7.21. The van der Waals surface area contributed by atoms with Crippen molar-refractivity contribution in [3.8, 4) is 5.75 Å². The van der Waals surface area contributed by atoms with Crippen molar-refractivity contribution in [3.63, 3.8) is 0 Å². The van der Waals surface area contributed by atoms with Gasteiger partial charge in [0, 0.05) is 34.5 Å². The van der Waals surface area contributed by atoms with E-state index in [4.69, 9.17) is 14.3 Å². The molecule has 0 aromatic carbocycles. The van der Waals surface area contributed by atoms with E-state index in [-0.39, 0.29) is 11.7 Å². The maximum Gasteiger partial charge on any atom is 0.408 e. The van der Waals surface area contributed by atoms with Crippen LogP contribution in [0.4, 0.5) is 4.79 Å². The molecule has 1 amide bonds. The first-order valence-electron chi connectivity index (χ1n) is 10.1. The highest BCUT2D eigenvalue weighted by molar-refractivity contribution is 7.12. The molecule has 172 valence electrons. The van der Waals surface area contributed by atoms with E-state index in [0.29, 0.717) is 31.6 Å². The summed E-state index contributed by atoms with van der Waals surface area (Å²) in [5.74, 6) is -0.993. The van der Waals surface area contributed by atoms with Crippen LogP contribution in [0.3, 0.4) is 0 Å². The Morgan fingerprint density at radius 1 is 1.34 bits per heavy atom. The van der Waals surface area contributed by atoms with Crippen LogP contribution in [0.1, 0.15) is 65.4 Å². The maximum atomic E-state index is 12.8. The number of carbonyl (C=O) groups is 2. The second-order valence-corrected chi connectivity index (χ2v) is 8.32. The van der Waals surface area contributed by atoms with E-state index in [9.17, 15) is 19.5 Å². The quantitative estimate of drug-likeness (QED) is 0.321. The normalized spacial score (nSPS) is 12.8. The molecule has 9 heteroatoms. The molecule has 32 heavy (non-hydrogen) atoms. The van der Waals surface area contributed by atoms with Gasteiger partial charge >= 0.3 is 11.7 Å². The van der Waals surface area contributed by atoms with Crippen LogP contribution in [0, 0.1) is 0 Å². The van der Waals surface area contributed by atoms with Crippen molar-refractivity contribution < 1.29 is 29.0 Å². The molecule has 1 unspecified atom stereocenters. The number of hydrogen-bond acceptors (Lipinski definition) is 7. The minimum absolute atomic E-state index is 0.223. The highest BCUT2D eigenvalue weighted by atomic mass is 32.1. The molecule has 2 heterocycles. The smallest absolute Gasteiger partial charge is 0.408 e. The average Bonchev–Trinajstić information content (AvgIpc) is 3.18. The predicted molar refractivity (Wildman–Crippen MR) is 122 cm³/mol. The monoisotopic (exact) mass is 461 g/mol. The van der Waals surface area contributed by atoms with Gasteiger partial charge in [-0.15, -0.1) is 11.3 Å². The molecule has 0 fully saturated rings. The predicted octanol–water partition coefficient (Wildman–Crippen LogP) is 4.89. The summed E-state index contributed by atoms with van der Waals surface area (Å²) >= 11 is 1.48. The van der Waals surface area contributed by atoms with Crippen LogP contribution in [0.15, 0.2) is 45.3 Å². The summed E-state index contributed by atoms with van der Waals surface area (Å²) in [6.07, 6.45) is 4.54. The van der Waals surface area contributed by atoms with Crippen LogP contribution in [0.2, 0.25) is 0 Å². The van der Waals surface area contributed by atoms with E-state index in [2.05, 4.69) is 5.32 Å². The Morgan fingerprint density at radius 2 is 2.09 bits per heavy atom. The molecule has 0 spiro atoms. The summed E-state index contributed by atoms with van der Waals surface area (Å²) in [5, 5.41) is 21.0. The third-order valence-corrected chi connectivity index (χ3v) is 5.61. The number of hydrogen-bond donors (Lipinski definition) is 3. The van der Waals surface area contributed by atoms with Crippen LogP contribution in [0.5, 0.6) is 5.75 Å². The average molecular weight is 462 g/mol. The van der Waals surface area contributed by atoms with Gasteiger partial charge in [0.25, 0.3) is 0 Å². The summed E-state index contributed by atoms with van der Waals surface area (Å²) in [4.78, 5) is 37.5. The molecule has 0 aliphatic rings. The van der Waals surface area contributed by atoms with Crippen molar-refractivity contribution in [1.29, 1.82) is 0 Å². The number of thiophene rings is 1. The summed E-state index contributed by atoms with van der Waals surface area (Å²) in [5.41, 5.74) is -0.989. The van der Waals surface area contributed by atoms with Crippen molar-refractivity contribution in [2.45, 2.75) is 46.1 Å². The molecular weight excluding hydrogens is 434 g/mol. The number of rotatable bonds is 11. The van der Waals surface area contributed by atoms with E-state index < -0.39 is 28.8 Å². The van der Waals surface area contributed by atoms with Crippen LogP contribution in [0.25, 0.3) is 6.08 Å². The number of carbonyl (C=O) groups excluding carboxylic acids is 1. The van der Waals surface area contributed by atoms with Crippen LogP contribution >= 0.6 is 11.3 Å². The second-order valence-electron chi connectivity index (χ2n) is 7.12. The summed E-state index contributed by atoms with van der Waals surface area (Å²) in [7, 11) is 0. The number of amides is 1. The van der Waals surface area contributed by atoms with Crippen molar-refractivity contribution in [3.05, 3.63) is 67.5 Å². The number of ether oxygens (including phenoxy) is 1. The van der Waals surface area contributed by atoms with Gasteiger partial charge in [0.2, 0.25) is 0 Å². The van der Waals surface area contributed by atoms with Crippen LogP contribution < -0.4 is 10.9 Å². The largest absolute Gasteiger partial charge is 0.507 e. The highest BCUT2D eigenvalue weighted by Crippen LogP contribution is 2.27. The van der Waals surface area contributed by atoms with Crippen molar-refractivity contribution in [2.24, 2.45) is 0 Å². The van der Waals surface area contributed by atoms with Crippen molar-refractivity contribution >= 4 is 29.3 Å². The van der Waals surface area contributed by atoms with Crippen molar-refractivity contribution in [1.82, 2.24) is 5.32 Å². The molecule has 0 saturated heterocycles. The topological polar surface area (TPSA) is 126 Å². The number of allylic oxidation sites excluding steroid dienone is 2. The molecule has 2 aromatic heterocycles.